The number of benzene rings is 3. The summed E-state index contributed by atoms with van der Waals surface area (Å²) in [5.41, 5.74) is 3.74. The molecule has 0 unspecified atom stereocenters. The lowest BCUT2D eigenvalue weighted by molar-refractivity contribution is -0.107. The molecule has 6 heteroatoms. The van der Waals surface area contributed by atoms with Crippen molar-refractivity contribution in [2.45, 2.75) is 24.3 Å². The Kier molecular flexibility index (Phi) is 7.67. The molecule has 0 spiro atoms. The van der Waals surface area contributed by atoms with Crippen LogP contribution >= 0.6 is 11.8 Å². The third-order valence-corrected chi connectivity index (χ3v) is 6.61. The molecule has 0 amide bonds. The number of anilines is 2. The van der Waals surface area contributed by atoms with E-state index in [1.807, 2.05) is 48.2 Å². The first kappa shape index (κ1) is 22.2. The van der Waals surface area contributed by atoms with Gasteiger partial charge in [-0.25, -0.2) is 4.39 Å². The van der Waals surface area contributed by atoms with E-state index in [1.165, 1.54) is 22.2 Å². The highest BCUT2D eigenvalue weighted by atomic mass is 32.2. The number of hydrogen-bond donors (Lipinski definition) is 1. The van der Waals surface area contributed by atoms with E-state index >= 15 is 0 Å². The summed E-state index contributed by atoms with van der Waals surface area (Å²) >= 11 is 1.87. The van der Waals surface area contributed by atoms with Crippen LogP contribution in [0.25, 0.3) is 0 Å². The molecule has 3 aromatic rings. The number of nitrogens with zero attached hydrogens (tertiary/aromatic N) is 1. The number of aryl methyl sites for hydroxylation is 1. The Morgan fingerprint density at radius 3 is 2.75 bits per heavy atom. The maximum Gasteiger partial charge on any atom is 0.128 e. The molecular weight excluding hydrogens is 423 g/mol. The van der Waals surface area contributed by atoms with Crippen molar-refractivity contribution >= 4 is 29.4 Å². The first-order valence-electron chi connectivity index (χ1n) is 10.9. The molecule has 3 aromatic carbocycles. The number of ether oxygens (including phenoxy) is 1. The van der Waals surface area contributed by atoms with Crippen LogP contribution in [-0.2, 0) is 17.8 Å². The van der Waals surface area contributed by atoms with Gasteiger partial charge in [0.1, 0.15) is 24.5 Å². The lowest BCUT2D eigenvalue weighted by atomic mass is 10.1. The van der Waals surface area contributed by atoms with Gasteiger partial charge in [0.25, 0.3) is 0 Å². The zero-order chi connectivity index (χ0) is 22.2. The van der Waals surface area contributed by atoms with Crippen LogP contribution in [0.5, 0.6) is 5.75 Å². The fourth-order valence-electron chi connectivity index (χ4n) is 3.80. The summed E-state index contributed by atoms with van der Waals surface area (Å²) in [4.78, 5) is 14.2. The van der Waals surface area contributed by atoms with E-state index in [0.717, 1.165) is 36.6 Å². The van der Waals surface area contributed by atoms with E-state index in [9.17, 15) is 9.18 Å². The number of fused-ring (bicyclic) bond motifs is 1. The van der Waals surface area contributed by atoms with Gasteiger partial charge in [-0.15, -0.1) is 11.8 Å². The SMILES string of the molecule is O=CCCc1ccc(NCc2cccc3c2SCCN3CCOc2ccccc2)cc1F. The van der Waals surface area contributed by atoms with Crippen molar-refractivity contribution in [1.82, 2.24) is 0 Å². The minimum absolute atomic E-state index is 0.272. The Hall–Kier alpha value is -2.99. The summed E-state index contributed by atoms with van der Waals surface area (Å²) in [6.45, 7) is 3.07. The fraction of sp³-hybridized carbons (Fsp3) is 0.269. The molecule has 0 fully saturated rings. The van der Waals surface area contributed by atoms with Gasteiger partial charge in [0.15, 0.2) is 0 Å². The molecule has 166 valence electrons. The minimum Gasteiger partial charge on any atom is -0.492 e. The molecule has 0 atom stereocenters. The third kappa shape index (κ3) is 5.62. The molecule has 32 heavy (non-hydrogen) atoms. The molecule has 0 radical (unpaired) electrons. The van der Waals surface area contributed by atoms with Gasteiger partial charge in [0.05, 0.1) is 12.2 Å². The lowest BCUT2D eigenvalue weighted by Crippen LogP contribution is -2.33. The van der Waals surface area contributed by atoms with Gasteiger partial charge in [-0.1, -0.05) is 36.4 Å². The van der Waals surface area contributed by atoms with E-state index in [0.29, 0.717) is 31.6 Å². The number of rotatable bonds is 10. The molecule has 0 aromatic heterocycles. The molecule has 0 saturated heterocycles. The average Bonchev–Trinajstić information content (AvgIpc) is 2.83. The summed E-state index contributed by atoms with van der Waals surface area (Å²) in [5, 5.41) is 3.35. The number of carbonyl (C=O) groups excluding carboxylic acids is 1. The Morgan fingerprint density at radius 2 is 1.94 bits per heavy atom. The van der Waals surface area contributed by atoms with Crippen molar-refractivity contribution in [3.63, 3.8) is 0 Å². The van der Waals surface area contributed by atoms with Crippen LogP contribution in [0.3, 0.4) is 0 Å². The number of nitrogens with one attached hydrogen (secondary N) is 1. The van der Waals surface area contributed by atoms with Crippen LogP contribution in [0.2, 0.25) is 0 Å². The van der Waals surface area contributed by atoms with Gasteiger partial charge >= 0.3 is 0 Å². The van der Waals surface area contributed by atoms with Crippen molar-refractivity contribution in [3.8, 4) is 5.75 Å². The molecule has 4 rings (SSSR count). The maximum atomic E-state index is 14.3. The van der Waals surface area contributed by atoms with Gasteiger partial charge in [0.2, 0.25) is 0 Å². The molecular formula is C26H27FN2O2S. The van der Waals surface area contributed by atoms with Crippen LogP contribution in [0.15, 0.2) is 71.6 Å². The molecule has 0 saturated carbocycles. The predicted molar refractivity (Wildman–Crippen MR) is 129 cm³/mol. The van der Waals surface area contributed by atoms with Crippen molar-refractivity contribution in [2.75, 3.05) is 35.7 Å². The van der Waals surface area contributed by atoms with Gasteiger partial charge in [0, 0.05) is 35.8 Å². The minimum atomic E-state index is -0.272. The highest BCUT2D eigenvalue weighted by Crippen LogP contribution is 2.37. The first-order chi connectivity index (χ1) is 15.7. The molecule has 0 aliphatic carbocycles. The molecule has 4 nitrogen and oxygen atoms in total. The smallest absolute Gasteiger partial charge is 0.128 e. The number of aldehydes is 1. The number of hydrogen-bond acceptors (Lipinski definition) is 5. The van der Waals surface area contributed by atoms with Crippen LogP contribution in [0.1, 0.15) is 17.5 Å². The van der Waals surface area contributed by atoms with Gasteiger partial charge in [-0.05, 0) is 47.9 Å². The Morgan fingerprint density at radius 1 is 1.06 bits per heavy atom. The average molecular weight is 451 g/mol. The highest BCUT2D eigenvalue weighted by molar-refractivity contribution is 7.99. The standard InChI is InChI=1S/C26H27FN2O2S/c27-24-18-22(12-11-20(24)7-5-15-30)28-19-21-6-4-10-25-26(21)32-17-14-29(25)13-16-31-23-8-2-1-3-9-23/h1-4,6,8-12,15,18,28H,5,7,13-14,16-17,19H2. The van der Waals surface area contributed by atoms with E-state index in [4.69, 9.17) is 4.74 Å². The van der Waals surface area contributed by atoms with E-state index < -0.39 is 0 Å². The first-order valence-corrected chi connectivity index (χ1v) is 11.9. The Bertz CT molecular complexity index is 1050. The van der Waals surface area contributed by atoms with Crippen molar-refractivity contribution in [3.05, 3.63) is 83.7 Å². The maximum absolute atomic E-state index is 14.3. The summed E-state index contributed by atoms with van der Waals surface area (Å²) in [6, 6.07) is 21.4. The van der Waals surface area contributed by atoms with Crippen molar-refractivity contribution < 1.29 is 13.9 Å². The zero-order valence-corrected chi connectivity index (χ0v) is 18.7. The molecule has 1 aliphatic heterocycles. The van der Waals surface area contributed by atoms with Crippen molar-refractivity contribution in [2.24, 2.45) is 0 Å². The number of thioether (sulfide) groups is 1. The Labute approximate surface area is 192 Å². The van der Waals surface area contributed by atoms with Gasteiger partial charge in [-0.3, -0.25) is 0 Å². The van der Waals surface area contributed by atoms with Crippen LogP contribution in [0.4, 0.5) is 15.8 Å². The molecule has 1 aliphatic rings. The summed E-state index contributed by atoms with van der Waals surface area (Å²) in [6.07, 6.45) is 1.59. The van der Waals surface area contributed by atoms with E-state index in [-0.39, 0.29) is 5.82 Å². The highest BCUT2D eigenvalue weighted by Gasteiger charge is 2.20. The fourth-order valence-corrected chi connectivity index (χ4v) is 4.99. The zero-order valence-electron chi connectivity index (χ0n) is 17.9. The largest absolute Gasteiger partial charge is 0.492 e. The quantitative estimate of drug-likeness (QED) is 0.410. The lowest BCUT2D eigenvalue weighted by Gasteiger charge is -2.32. The molecule has 1 N–H and O–H groups in total. The second-order valence-corrected chi connectivity index (χ2v) is 8.73. The Balaban J connectivity index is 1.39. The van der Waals surface area contributed by atoms with E-state index in [2.05, 4.69) is 28.4 Å². The van der Waals surface area contributed by atoms with Gasteiger partial charge in [-0.2, -0.15) is 0 Å². The monoisotopic (exact) mass is 450 g/mol. The number of carbonyl (C=O) groups is 1. The predicted octanol–water partition coefficient (Wildman–Crippen LogP) is 5.56. The van der Waals surface area contributed by atoms with E-state index in [1.54, 1.807) is 6.07 Å². The summed E-state index contributed by atoms with van der Waals surface area (Å²) in [7, 11) is 0. The summed E-state index contributed by atoms with van der Waals surface area (Å²) < 4.78 is 20.2. The number of para-hydroxylation sites is 1. The third-order valence-electron chi connectivity index (χ3n) is 5.46. The van der Waals surface area contributed by atoms with Crippen molar-refractivity contribution in [1.29, 1.82) is 0 Å². The van der Waals surface area contributed by atoms with Crippen LogP contribution in [0, 0.1) is 5.82 Å². The van der Waals surface area contributed by atoms with Gasteiger partial charge < -0.3 is 19.7 Å². The van der Waals surface area contributed by atoms with Crippen LogP contribution in [-0.4, -0.2) is 31.7 Å². The van der Waals surface area contributed by atoms with Crippen LogP contribution < -0.4 is 15.0 Å². The molecule has 1 heterocycles. The molecule has 0 bridgehead atoms. The number of halogens is 1. The summed E-state index contributed by atoms with van der Waals surface area (Å²) in [5.74, 6) is 1.64. The second kappa shape index (κ2) is 11.0. The normalized spacial score (nSPS) is 12.8. The topological polar surface area (TPSA) is 41.6 Å². The second-order valence-electron chi connectivity index (χ2n) is 7.63.